The lowest BCUT2D eigenvalue weighted by Crippen LogP contribution is -2.50. The predicted octanol–water partition coefficient (Wildman–Crippen LogP) is -0.615. The van der Waals surface area contributed by atoms with Crippen molar-refractivity contribution in [1.29, 1.82) is 0 Å². The van der Waals surface area contributed by atoms with E-state index in [9.17, 15) is 4.79 Å². The molecule has 2 rings (SSSR count). The van der Waals surface area contributed by atoms with E-state index in [4.69, 9.17) is 20.9 Å². The summed E-state index contributed by atoms with van der Waals surface area (Å²) < 4.78 is 11.1. The van der Waals surface area contributed by atoms with Crippen LogP contribution in [0, 0.1) is 5.92 Å². The fraction of sp³-hybridized carbons (Fsp3) is 0.900. The van der Waals surface area contributed by atoms with Gasteiger partial charge in [0.2, 0.25) is 5.91 Å². The monoisotopic (exact) mass is 214 g/mol. The smallest absolute Gasteiger partial charge is 0.234 e. The van der Waals surface area contributed by atoms with E-state index in [0.29, 0.717) is 13.2 Å². The first-order valence-electron chi connectivity index (χ1n) is 5.40. The van der Waals surface area contributed by atoms with Crippen molar-refractivity contribution in [1.82, 2.24) is 0 Å². The molecule has 1 amide bonds. The third kappa shape index (κ3) is 2.14. The van der Waals surface area contributed by atoms with Crippen LogP contribution in [0.2, 0.25) is 0 Å². The van der Waals surface area contributed by atoms with E-state index in [1.54, 1.807) is 0 Å². The lowest BCUT2D eigenvalue weighted by atomic mass is 9.81. The Morgan fingerprint density at radius 3 is 2.87 bits per heavy atom. The minimum Gasteiger partial charge on any atom is -0.378 e. The summed E-state index contributed by atoms with van der Waals surface area (Å²) in [6.07, 6.45) is 2.50. The number of rotatable bonds is 2. The molecule has 2 aliphatic rings. The van der Waals surface area contributed by atoms with Gasteiger partial charge in [-0.25, -0.2) is 0 Å². The fourth-order valence-corrected chi connectivity index (χ4v) is 2.47. The Labute approximate surface area is 89.1 Å². The van der Waals surface area contributed by atoms with Gasteiger partial charge in [-0.05, 0) is 18.8 Å². The maximum Gasteiger partial charge on any atom is 0.234 e. The van der Waals surface area contributed by atoms with Crippen LogP contribution >= 0.6 is 0 Å². The number of primary amides is 1. The van der Waals surface area contributed by atoms with Crippen LogP contribution in [0.1, 0.15) is 19.3 Å². The van der Waals surface area contributed by atoms with Crippen LogP contribution in [0.4, 0.5) is 0 Å². The molecule has 5 nitrogen and oxygen atoms in total. The van der Waals surface area contributed by atoms with Crippen LogP contribution in [0.15, 0.2) is 0 Å². The predicted molar refractivity (Wildman–Crippen MR) is 54.0 cm³/mol. The van der Waals surface area contributed by atoms with E-state index >= 15 is 0 Å². The van der Waals surface area contributed by atoms with Crippen molar-refractivity contribution in [2.45, 2.75) is 30.9 Å². The van der Waals surface area contributed by atoms with Crippen molar-refractivity contribution in [3.05, 3.63) is 0 Å². The van der Waals surface area contributed by atoms with E-state index in [0.717, 1.165) is 25.9 Å². The van der Waals surface area contributed by atoms with Crippen LogP contribution in [-0.2, 0) is 14.3 Å². The van der Waals surface area contributed by atoms with Gasteiger partial charge in [-0.1, -0.05) is 0 Å². The minimum atomic E-state index is -0.550. The molecule has 2 aliphatic heterocycles. The molecule has 3 atom stereocenters. The second-order valence-corrected chi connectivity index (χ2v) is 4.52. The normalized spacial score (nSPS) is 38.1. The highest BCUT2D eigenvalue weighted by molar-refractivity contribution is 5.79. The van der Waals surface area contributed by atoms with E-state index in [-0.39, 0.29) is 11.5 Å². The van der Waals surface area contributed by atoms with Gasteiger partial charge < -0.3 is 20.9 Å². The second kappa shape index (κ2) is 4.08. The number of carbonyl (C=O) groups is 1. The van der Waals surface area contributed by atoms with Gasteiger partial charge in [-0.15, -0.1) is 0 Å². The standard InChI is InChI=1S/C10H18N2O3/c11-8(9(12)13)7-1-3-15-10(5-7)2-4-14-6-10/h7-8H,1-6,11H2,(H2,12,13). The van der Waals surface area contributed by atoms with Gasteiger partial charge in [-0.3, -0.25) is 4.79 Å². The molecule has 0 bridgehead atoms. The Bertz CT molecular complexity index is 251. The van der Waals surface area contributed by atoms with Crippen LogP contribution in [-0.4, -0.2) is 37.4 Å². The summed E-state index contributed by atoms with van der Waals surface area (Å²) in [5, 5.41) is 0. The molecule has 0 aromatic carbocycles. The summed E-state index contributed by atoms with van der Waals surface area (Å²) in [5.74, 6) is -0.283. The highest BCUT2D eigenvalue weighted by Gasteiger charge is 2.43. The minimum absolute atomic E-state index is 0.137. The van der Waals surface area contributed by atoms with Crippen molar-refractivity contribution in [2.75, 3.05) is 19.8 Å². The molecule has 2 saturated heterocycles. The molecule has 0 radical (unpaired) electrons. The van der Waals surface area contributed by atoms with Gasteiger partial charge in [0.25, 0.3) is 0 Å². The quantitative estimate of drug-likeness (QED) is 0.641. The van der Waals surface area contributed by atoms with Crippen molar-refractivity contribution in [2.24, 2.45) is 17.4 Å². The summed E-state index contributed by atoms with van der Waals surface area (Å²) in [6.45, 7) is 2.00. The Kier molecular flexibility index (Phi) is 2.95. The second-order valence-electron chi connectivity index (χ2n) is 4.52. The average molecular weight is 214 g/mol. The van der Waals surface area contributed by atoms with E-state index in [2.05, 4.69) is 0 Å². The van der Waals surface area contributed by atoms with Crippen molar-refractivity contribution in [3.8, 4) is 0 Å². The van der Waals surface area contributed by atoms with E-state index in [1.807, 2.05) is 0 Å². The highest BCUT2D eigenvalue weighted by Crippen LogP contribution is 2.36. The molecule has 2 fully saturated rings. The summed E-state index contributed by atoms with van der Waals surface area (Å²) in [4.78, 5) is 11.0. The maximum atomic E-state index is 11.0. The first-order chi connectivity index (χ1) is 7.13. The van der Waals surface area contributed by atoms with Crippen molar-refractivity contribution in [3.63, 3.8) is 0 Å². The van der Waals surface area contributed by atoms with Gasteiger partial charge in [0, 0.05) is 19.6 Å². The summed E-state index contributed by atoms with van der Waals surface area (Å²) in [6, 6.07) is -0.550. The number of amides is 1. The topological polar surface area (TPSA) is 87.6 Å². The number of hydrogen-bond donors (Lipinski definition) is 2. The van der Waals surface area contributed by atoms with E-state index in [1.165, 1.54) is 0 Å². The highest BCUT2D eigenvalue weighted by atomic mass is 16.6. The largest absolute Gasteiger partial charge is 0.378 e. The third-order valence-electron chi connectivity index (χ3n) is 3.43. The SMILES string of the molecule is NC(=O)C(N)C1CCOC2(CCOC2)C1. The molecule has 0 aromatic heterocycles. The molecular weight excluding hydrogens is 196 g/mol. The zero-order valence-electron chi connectivity index (χ0n) is 8.78. The fourth-order valence-electron chi connectivity index (χ4n) is 2.47. The van der Waals surface area contributed by atoms with Gasteiger partial charge >= 0.3 is 0 Å². The first kappa shape index (κ1) is 10.9. The van der Waals surface area contributed by atoms with Crippen LogP contribution in [0.3, 0.4) is 0 Å². The first-order valence-corrected chi connectivity index (χ1v) is 5.40. The molecule has 86 valence electrons. The number of nitrogens with two attached hydrogens (primary N) is 2. The molecule has 0 saturated carbocycles. The van der Waals surface area contributed by atoms with Gasteiger partial charge in [0.05, 0.1) is 18.2 Å². The molecule has 3 unspecified atom stereocenters. The molecular formula is C10H18N2O3. The van der Waals surface area contributed by atoms with Gasteiger partial charge in [0.1, 0.15) is 0 Å². The number of carbonyl (C=O) groups excluding carboxylic acids is 1. The zero-order valence-corrected chi connectivity index (χ0v) is 8.78. The Morgan fingerprint density at radius 1 is 1.47 bits per heavy atom. The Morgan fingerprint density at radius 2 is 2.27 bits per heavy atom. The number of ether oxygens (including phenoxy) is 2. The lowest BCUT2D eigenvalue weighted by Gasteiger charge is -2.38. The average Bonchev–Trinajstić information content (AvgIpc) is 2.65. The van der Waals surface area contributed by atoms with Gasteiger partial charge in [0.15, 0.2) is 0 Å². The van der Waals surface area contributed by atoms with Crippen LogP contribution in [0.25, 0.3) is 0 Å². The summed E-state index contributed by atoms with van der Waals surface area (Å²) in [7, 11) is 0. The van der Waals surface area contributed by atoms with Crippen molar-refractivity contribution < 1.29 is 14.3 Å². The van der Waals surface area contributed by atoms with E-state index < -0.39 is 11.9 Å². The molecule has 15 heavy (non-hydrogen) atoms. The van der Waals surface area contributed by atoms with Crippen LogP contribution < -0.4 is 11.5 Å². The molecule has 4 N–H and O–H groups in total. The Hall–Kier alpha value is -0.650. The maximum absolute atomic E-state index is 11.0. The number of hydrogen-bond acceptors (Lipinski definition) is 4. The van der Waals surface area contributed by atoms with Crippen LogP contribution in [0.5, 0.6) is 0 Å². The molecule has 1 spiro atoms. The Balaban J connectivity index is 2.00. The molecule has 2 heterocycles. The summed E-state index contributed by atoms with van der Waals surface area (Å²) in [5.41, 5.74) is 10.8. The molecule has 5 heteroatoms. The van der Waals surface area contributed by atoms with Gasteiger partial charge in [-0.2, -0.15) is 0 Å². The zero-order chi connectivity index (χ0) is 10.9. The molecule has 0 aromatic rings. The lowest BCUT2D eigenvalue weighted by molar-refractivity contribution is -0.126. The van der Waals surface area contributed by atoms with Crippen molar-refractivity contribution >= 4 is 5.91 Å². The third-order valence-corrected chi connectivity index (χ3v) is 3.43. The summed E-state index contributed by atoms with van der Waals surface area (Å²) >= 11 is 0. The molecule has 0 aliphatic carbocycles.